The normalized spacial score (nSPS) is 15.6. The van der Waals surface area contributed by atoms with Crippen LogP contribution in [0.4, 0.5) is 14.6 Å². The number of fused-ring (bicyclic) bond motifs is 3. The number of anilines is 1. The molecule has 4 heterocycles. The summed E-state index contributed by atoms with van der Waals surface area (Å²) in [6.45, 7) is 4.32. The van der Waals surface area contributed by atoms with Crippen molar-refractivity contribution in [3.63, 3.8) is 0 Å². The summed E-state index contributed by atoms with van der Waals surface area (Å²) >= 11 is 6.11. The van der Waals surface area contributed by atoms with Crippen LogP contribution in [0.3, 0.4) is 0 Å². The zero-order chi connectivity index (χ0) is 26.3. The molecule has 8 nitrogen and oxygen atoms in total. The molecule has 1 atom stereocenters. The van der Waals surface area contributed by atoms with Gasteiger partial charge in [-0.25, -0.2) is 4.98 Å². The Morgan fingerprint density at radius 1 is 1.27 bits per heavy atom. The summed E-state index contributed by atoms with van der Waals surface area (Å²) in [5.74, 6) is -2.29. The Labute approximate surface area is 217 Å². The monoisotopic (exact) mass is 522 g/mol. The number of pyridine rings is 1. The van der Waals surface area contributed by atoms with Gasteiger partial charge in [0.2, 0.25) is 5.82 Å². The van der Waals surface area contributed by atoms with E-state index in [1.165, 1.54) is 29.0 Å². The Bertz CT molecular complexity index is 1540. The van der Waals surface area contributed by atoms with Crippen LogP contribution in [0.15, 0.2) is 66.1 Å². The highest BCUT2D eigenvalue weighted by molar-refractivity contribution is 6.31. The summed E-state index contributed by atoms with van der Waals surface area (Å²) in [5.41, 5.74) is 8.69. The Hall–Kier alpha value is -4.05. The first kappa shape index (κ1) is 24.6. The van der Waals surface area contributed by atoms with Gasteiger partial charge in [-0.3, -0.25) is 9.56 Å². The van der Waals surface area contributed by atoms with Crippen LogP contribution in [0.25, 0.3) is 22.6 Å². The average molecular weight is 523 g/mol. The second kappa shape index (κ2) is 9.44. The molecule has 0 unspecified atom stereocenters. The number of aryl methyl sites for hydroxylation is 1. The van der Waals surface area contributed by atoms with Gasteiger partial charge in [-0.15, -0.1) is 10.2 Å². The van der Waals surface area contributed by atoms with E-state index in [2.05, 4.69) is 25.5 Å². The van der Waals surface area contributed by atoms with Gasteiger partial charge in [0.15, 0.2) is 5.82 Å². The van der Waals surface area contributed by atoms with Crippen molar-refractivity contribution in [1.29, 1.82) is 0 Å². The molecule has 1 aliphatic rings. The van der Waals surface area contributed by atoms with Crippen molar-refractivity contribution in [2.45, 2.75) is 32.4 Å². The summed E-state index contributed by atoms with van der Waals surface area (Å²) in [7, 11) is 1.65. The van der Waals surface area contributed by atoms with Crippen LogP contribution in [0.1, 0.15) is 29.9 Å². The summed E-state index contributed by atoms with van der Waals surface area (Å²) in [6, 6.07) is 9.45. The first-order valence-electron chi connectivity index (χ1n) is 11.6. The summed E-state index contributed by atoms with van der Waals surface area (Å²) < 4.78 is 34.8. The van der Waals surface area contributed by atoms with Crippen molar-refractivity contribution in [2.75, 3.05) is 12.4 Å². The molecule has 11 heteroatoms. The first-order chi connectivity index (χ1) is 17.7. The zero-order valence-electron chi connectivity index (χ0n) is 20.5. The van der Waals surface area contributed by atoms with Crippen molar-refractivity contribution in [3.8, 4) is 22.6 Å². The van der Waals surface area contributed by atoms with Crippen molar-refractivity contribution in [3.05, 3.63) is 83.0 Å². The van der Waals surface area contributed by atoms with Crippen LogP contribution in [-0.2, 0) is 12.5 Å². The molecule has 4 aromatic rings. The van der Waals surface area contributed by atoms with Gasteiger partial charge in [-0.1, -0.05) is 29.8 Å². The fourth-order valence-corrected chi connectivity index (χ4v) is 4.85. The van der Waals surface area contributed by atoms with Crippen LogP contribution in [-0.4, -0.2) is 37.2 Å². The van der Waals surface area contributed by atoms with Crippen molar-refractivity contribution in [1.82, 2.24) is 24.3 Å². The lowest BCUT2D eigenvalue weighted by Crippen LogP contribution is -2.28. The zero-order valence-corrected chi connectivity index (χ0v) is 21.2. The van der Waals surface area contributed by atoms with Crippen LogP contribution in [0.2, 0.25) is 5.02 Å². The van der Waals surface area contributed by atoms with E-state index in [9.17, 15) is 0 Å². The van der Waals surface area contributed by atoms with Gasteiger partial charge in [-0.05, 0) is 55.4 Å². The van der Waals surface area contributed by atoms with Gasteiger partial charge < -0.3 is 15.6 Å². The predicted octanol–water partition coefficient (Wildman–Crippen LogP) is 5.40. The van der Waals surface area contributed by atoms with Crippen molar-refractivity contribution >= 4 is 23.3 Å². The molecule has 0 saturated heterocycles. The molecule has 3 aromatic heterocycles. The molecule has 5 rings (SSSR count). The highest BCUT2D eigenvalue weighted by atomic mass is 35.5. The summed E-state index contributed by atoms with van der Waals surface area (Å²) in [5, 5.41) is 11.3. The van der Waals surface area contributed by atoms with Crippen LogP contribution < -0.4 is 11.1 Å². The fraction of sp³-hybridized carbons (Fsp3) is 0.231. The number of hydrogen-bond acceptors (Lipinski definition) is 5. The number of aromatic nitrogens is 5. The fourth-order valence-electron chi connectivity index (χ4n) is 4.59. The third kappa shape index (κ3) is 4.27. The highest BCUT2D eigenvalue weighted by Crippen LogP contribution is 2.43. The molecule has 1 aliphatic heterocycles. The van der Waals surface area contributed by atoms with E-state index >= 15 is 8.78 Å². The summed E-state index contributed by atoms with van der Waals surface area (Å²) in [4.78, 5) is 8.58. The number of rotatable bonds is 5. The minimum atomic E-state index is -3.41. The molecule has 0 bridgehead atoms. The molecule has 0 spiro atoms. The van der Waals surface area contributed by atoms with Gasteiger partial charge >= 0.3 is 5.92 Å². The molecule has 190 valence electrons. The number of nitrogens with zero attached hydrogens (tertiary/aromatic N) is 6. The van der Waals surface area contributed by atoms with Gasteiger partial charge in [0, 0.05) is 37.1 Å². The van der Waals surface area contributed by atoms with E-state index in [1.807, 2.05) is 36.7 Å². The molecule has 1 aromatic carbocycles. The topological polar surface area (TPSA) is 98.9 Å². The van der Waals surface area contributed by atoms with Crippen molar-refractivity contribution < 1.29 is 8.78 Å². The molecule has 37 heavy (non-hydrogen) atoms. The lowest BCUT2D eigenvalue weighted by Gasteiger charge is -2.27. The number of hydrogen-bond donors (Lipinski definition) is 2. The molecule has 0 radical (unpaired) electrons. The highest BCUT2D eigenvalue weighted by Gasteiger charge is 2.44. The van der Waals surface area contributed by atoms with Crippen LogP contribution in [0.5, 0.6) is 0 Å². The van der Waals surface area contributed by atoms with E-state index in [1.54, 1.807) is 25.4 Å². The number of alkyl halides is 2. The largest absolute Gasteiger partial charge is 0.404 e. The maximum absolute atomic E-state index is 15.6. The van der Waals surface area contributed by atoms with Gasteiger partial charge in [-0.2, -0.15) is 8.78 Å². The average Bonchev–Trinajstić information content (AvgIpc) is 3.50. The molecule has 0 amide bonds. The number of halogens is 3. The van der Waals surface area contributed by atoms with E-state index in [0.29, 0.717) is 29.7 Å². The van der Waals surface area contributed by atoms with Gasteiger partial charge in [0.25, 0.3) is 0 Å². The van der Waals surface area contributed by atoms with Crippen LogP contribution >= 0.6 is 11.6 Å². The predicted molar refractivity (Wildman–Crippen MR) is 141 cm³/mol. The van der Waals surface area contributed by atoms with E-state index in [-0.39, 0.29) is 16.6 Å². The summed E-state index contributed by atoms with van der Waals surface area (Å²) in [6.07, 6.45) is 6.80. The first-order valence-corrected chi connectivity index (χ1v) is 12.0. The second-order valence-electron chi connectivity index (χ2n) is 8.86. The van der Waals surface area contributed by atoms with Gasteiger partial charge in [0.05, 0.1) is 16.8 Å². The quantitative estimate of drug-likeness (QED) is 0.270. The lowest BCUT2D eigenvalue weighted by atomic mass is 10.0. The number of benzene rings is 1. The smallest absolute Gasteiger partial charge is 0.333 e. The van der Waals surface area contributed by atoms with Gasteiger partial charge in [0.1, 0.15) is 11.7 Å². The number of nitrogens with one attached hydrogen (secondary N) is 1. The van der Waals surface area contributed by atoms with E-state index in [0.717, 1.165) is 16.7 Å². The second-order valence-corrected chi connectivity index (χ2v) is 9.27. The Kier molecular flexibility index (Phi) is 6.28. The Morgan fingerprint density at radius 2 is 2.05 bits per heavy atom. The van der Waals surface area contributed by atoms with Crippen molar-refractivity contribution in [2.24, 2.45) is 10.7 Å². The third-order valence-electron chi connectivity index (χ3n) is 6.38. The Morgan fingerprint density at radius 3 is 2.78 bits per heavy atom. The van der Waals surface area contributed by atoms with E-state index in [4.69, 9.17) is 17.3 Å². The molecule has 3 N–H and O–H groups in total. The number of nitrogens with two attached hydrogens (primary N) is 1. The minimum Gasteiger partial charge on any atom is -0.404 e. The minimum absolute atomic E-state index is 0.0187. The SMILES string of the molecule is CN=C(C=CN)Nc1cc(-c2cc3n(c2)C[C@H](C)n2c-3nnc2C(F)(F)c2ccccc2Cl)c(C)cn1. The molecule has 0 fully saturated rings. The third-order valence-corrected chi connectivity index (χ3v) is 6.71. The number of aliphatic imine (C=N–C) groups is 1. The molecule has 0 saturated carbocycles. The lowest BCUT2D eigenvalue weighted by molar-refractivity contribution is 0.0269. The molecule has 0 aliphatic carbocycles. The number of amidine groups is 1. The maximum atomic E-state index is 15.6. The Balaban J connectivity index is 1.56. The maximum Gasteiger partial charge on any atom is 0.333 e. The molecular weight excluding hydrogens is 498 g/mol. The van der Waals surface area contributed by atoms with E-state index < -0.39 is 11.7 Å². The van der Waals surface area contributed by atoms with Crippen LogP contribution in [0, 0.1) is 6.92 Å². The standard InChI is InChI=1S/C26H25ClF2N8/c1-15-12-32-23(33-22(31-3)8-9-30)11-18(15)17-10-21-24-34-35-25(37(24)16(2)13-36(21)14-17)26(28,29)19-6-4-5-7-20(19)27/h4-12,14,16H,13,30H2,1-3H3,(H,31,32,33)/t16-/m0/s1. The molecular formula is C26H25ClF2N8.